The van der Waals surface area contributed by atoms with Gasteiger partial charge in [0.2, 0.25) is 0 Å². The van der Waals surface area contributed by atoms with Gasteiger partial charge in [0, 0.05) is 0 Å². The van der Waals surface area contributed by atoms with Gasteiger partial charge in [0.25, 0.3) is 0 Å². The average molecular weight is 307 g/mol. The third kappa shape index (κ3) is 4.92. The maximum absolute atomic E-state index is 12.7. The SMILES string of the molecule is CCOC(=O)NNC(=S)Nc1ccccc1C(F)(F)F. The first-order valence-electron chi connectivity index (χ1n) is 5.50. The number of anilines is 1. The number of hydrogen-bond acceptors (Lipinski definition) is 3. The largest absolute Gasteiger partial charge is 0.449 e. The van der Waals surface area contributed by atoms with Crippen molar-refractivity contribution in [3.05, 3.63) is 29.8 Å². The molecule has 5 nitrogen and oxygen atoms in total. The van der Waals surface area contributed by atoms with Crippen LogP contribution in [0.5, 0.6) is 0 Å². The van der Waals surface area contributed by atoms with Gasteiger partial charge in [-0.2, -0.15) is 13.2 Å². The van der Waals surface area contributed by atoms with Gasteiger partial charge in [-0.15, -0.1) is 0 Å². The van der Waals surface area contributed by atoms with Gasteiger partial charge >= 0.3 is 12.3 Å². The number of carbonyl (C=O) groups excluding carboxylic acids is 1. The molecule has 1 aromatic rings. The Bertz CT molecular complexity index is 494. The molecule has 0 radical (unpaired) electrons. The van der Waals surface area contributed by atoms with Crippen LogP contribution in [0, 0.1) is 0 Å². The van der Waals surface area contributed by atoms with Crippen LogP contribution in [0.3, 0.4) is 0 Å². The summed E-state index contributed by atoms with van der Waals surface area (Å²) in [5.41, 5.74) is 3.21. The van der Waals surface area contributed by atoms with Crippen molar-refractivity contribution >= 4 is 29.1 Å². The standard InChI is InChI=1S/C11H12F3N3O2S/c1-2-19-10(18)17-16-9(20)15-8-6-4-3-5-7(8)11(12,13)14/h3-6H,2H2,1H3,(H,17,18)(H2,15,16,20). The Kier molecular flexibility index (Phi) is 5.56. The van der Waals surface area contributed by atoms with Crippen molar-refractivity contribution in [1.82, 2.24) is 10.9 Å². The fourth-order valence-electron chi connectivity index (χ4n) is 1.27. The van der Waals surface area contributed by atoms with Gasteiger partial charge in [0.1, 0.15) is 0 Å². The molecule has 0 unspecified atom stereocenters. The lowest BCUT2D eigenvalue weighted by molar-refractivity contribution is -0.136. The van der Waals surface area contributed by atoms with Gasteiger partial charge in [-0.1, -0.05) is 12.1 Å². The Morgan fingerprint density at radius 3 is 2.55 bits per heavy atom. The molecule has 3 N–H and O–H groups in total. The zero-order valence-electron chi connectivity index (χ0n) is 10.4. The van der Waals surface area contributed by atoms with Crippen LogP contribution in [0.2, 0.25) is 0 Å². The van der Waals surface area contributed by atoms with Crippen LogP contribution < -0.4 is 16.2 Å². The van der Waals surface area contributed by atoms with Crippen LogP contribution in [-0.4, -0.2) is 17.8 Å². The first kappa shape index (κ1) is 16.0. The molecular formula is C11H12F3N3O2S. The Morgan fingerprint density at radius 1 is 1.30 bits per heavy atom. The molecule has 0 heterocycles. The number of hydrazine groups is 1. The molecule has 0 spiro atoms. The number of amides is 1. The van der Waals surface area contributed by atoms with Crippen molar-refractivity contribution in [2.75, 3.05) is 11.9 Å². The molecule has 0 aliphatic heterocycles. The molecule has 1 aromatic carbocycles. The predicted molar refractivity (Wildman–Crippen MR) is 71.0 cm³/mol. The van der Waals surface area contributed by atoms with Crippen molar-refractivity contribution in [1.29, 1.82) is 0 Å². The molecule has 0 aliphatic carbocycles. The lowest BCUT2D eigenvalue weighted by Gasteiger charge is -2.15. The van der Waals surface area contributed by atoms with Gasteiger partial charge in [0.15, 0.2) is 5.11 Å². The number of carbonyl (C=O) groups is 1. The van der Waals surface area contributed by atoms with Crippen molar-refractivity contribution in [2.24, 2.45) is 0 Å². The Hall–Kier alpha value is -2.03. The molecule has 1 rings (SSSR count). The highest BCUT2D eigenvalue weighted by atomic mass is 32.1. The zero-order valence-corrected chi connectivity index (χ0v) is 11.2. The van der Waals surface area contributed by atoms with Gasteiger partial charge in [-0.05, 0) is 31.3 Å². The number of benzene rings is 1. The van der Waals surface area contributed by atoms with Crippen LogP contribution >= 0.6 is 12.2 Å². The van der Waals surface area contributed by atoms with E-state index >= 15 is 0 Å². The quantitative estimate of drug-likeness (QED) is 0.579. The number of nitrogens with one attached hydrogen (secondary N) is 3. The van der Waals surface area contributed by atoms with E-state index in [1.807, 2.05) is 0 Å². The molecule has 0 bridgehead atoms. The molecule has 0 saturated heterocycles. The maximum Gasteiger partial charge on any atom is 0.425 e. The molecule has 0 aromatic heterocycles. The number of alkyl halides is 3. The van der Waals surface area contributed by atoms with E-state index in [9.17, 15) is 18.0 Å². The molecule has 0 aliphatic rings. The van der Waals surface area contributed by atoms with Crippen molar-refractivity contribution in [2.45, 2.75) is 13.1 Å². The lowest BCUT2D eigenvalue weighted by Crippen LogP contribution is -2.44. The van der Waals surface area contributed by atoms with Crippen molar-refractivity contribution < 1.29 is 22.7 Å². The summed E-state index contributed by atoms with van der Waals surface area (Å²) in [4.78, 5) is 11.0. The van der Waals surface area contributed by atoms with Crippen molar-refractivity contribution in [3.63, 3.8) is 0 Å². The molecule has 0 saturated carbocycles. The summed E-state index contributed by atoms with van der Waals surface area (Å²) >= 11 is 4.76. The normalized spacial score (nSPS) is 10.6. The van der Waals surface area contributed by atoms with E-state index in [4.69, 9.17) is 12.2 Å². The summed E-state index contributed by atoms with van der Waals surface area (Å²) in [6.45, 7) is 1.76. The molecule has 20 heavy (non-hydrogen) atoms. The maximum atomic E-state index is 12.7. The molecule has 0 atom stereocenters. The summed E-state index contributed by atoms with van der Waals surface area (Å²) in [7, 11) is 0. The van der Waals surface area contributed by atoms with E-state index < -0.39 is 17.8 Å². The topological polar surface area (TPSA) is 62.4 Å². The van der Waals surface area contributed by atoms with Crippen molar-refractivity contribution in [3.8, 4) is 0 Å². The van der Waals surface area contributed by atoms with Gasteiger partial charge < -0.3 is 10.1 Å². The average Bonchev–Trinajstić information content (AvgIpc) is 2.36. The minimum atomic E-state index is -4.51. The van der Waals surface area contributed by atoms with E-state index in [0.29, 0.717) is 0 Å². The number of halogens is 3. The summed E-state index contributed by atoms with van der Waals surface area (Å²) in [6.07, 6.45) is -5.30. The number of para-hydroxylation sites is 1. The Morgan fingerprint density at radius 2 is 1.95 bits per heavy atom. The van der Waals surface area contributed by atoms with E-state index in [1.54, 1.807) is 6.92 Å². The summed E-state index contributed by atoms with van der Waals surface area (Å²) in [6, 6.07) is 4.84. The number of rotatable bonds is 2. The highest BCUT2D eigenvalue weighted by molar-refractivity contribution is 7.80. The zero-order chi connectivity index (χ0) is 15.2. The van der Waals surface area contributed by atoms with E-state index in [1.165, 1.54) is 18.2 Å². The minimum Gasteiger partial charge on any atom is -0.449 e. The van der Waals surface area contributed by atoms with Gasteiger partial charge in [-0.3, -0.25) is 5.43 Å². The first-order chi connectivity index (χ1) is 9.34. The number of ether oxygens (including phenoxy) is 1. The fourth-order valence-corrected chi connectivity index (χ4v) is 1.43. The monoisotopic (exact) mass is 307 g/mol. The number of hydrogen-bond donors (Lipinski definition) is 3. The molecule has 0 fully saturated rings. The smallest absolute Gasteiger partial charge is 0.425 e. The third-order valence-electron chi connectivity index (χ3n) is 2.03. The third-order valence-corrected chi connectivity index (χ3v) is 2.24. The molecule has 110 valence electrons. The van der Waals surface area contributed by atoms with Gasteiger partial charge in [0.05, 0.1) is 17.9 Å². The van der Waals surface area contributed by atoms with Crippen LogP contribution in [0.1, 0.15) is 12.5 Å². The highest BCUT2D eigenvalue weighted by Gasteiger charge is 2.33. The Labute approximate surface area is 118 Å². The number of thiocarbonyl (C=S) groups is 1. The van der Waals surface area contributed by atoms with E-state index in [-0.39, 0.29) is 17.4 Å². The molecular weight excluding hydrogens is 295 g/mol. The van der Waals surface area contributed by atoms with Crippen LogP contribution in [0.4, 0.5) is 23.7 Å². The van der Waals surface area contributed by atoms with E-state index in [0.717, 1.165) is 6.07 Å². The van der Waals surface area contributed by atoms with Crippen LogP contribution in [-0.2, 0) is 10.9 Å². The summed E-state index contributed by atoms with van der Waals surface area (Å²) in [5.74, 6) is 0. The summed E-state index contributed by atoms with van der Waals surface area (Å²) in [5, 5.41) is 2.15. The van der Waals surface area contributed by atoms with Crippen LogP contribution in [0.15, 0.2) is 24.3 Å². The highest BCUT2D eigenvalue weighted by Crippen LogP contribution is 2.34. The first-order valence-corrected chi connectivity index (χ1v) is 5.91. The lowest BCUT2D eigenvalue weighted by atomic mass is 10.2. The summed E-state index contributed by atoms with van der Waals surface area (Å²) < 4.78 is 42.7. The predicted octanol–water partition coefficient (Wildman–Crippen LogP) is 2.65. The molecule has 9 heteroatoms. The van der Waals surface area contributed by atoms with Crippen LogP contribution in [0.25, 0.3) is 0 Å². The second-order valence-corrected chi connectivity index (χ2v) is 3.88. The fraction of sp³-hybridized carbons (Fsp3) is 0.273. The second-order valence-electron chi connectivity index (χ2n) is 3.47. The second kappa shape index (κ2) is 6.94. The van der Waals surface area contributed by atoms with Gasteiger partial charge in [-0.25, -0.2) is 10.2 Å². The van der Waals surface area contributed by atoms with E-state index in [2.05, 4.69) is 20.9 Å². The Balaban J connectivity index is 2.65. The molecule has 1 amide bonds. The minimum absolute atomic E-state index is 0.157.